The highest BCUT2D eigenvalue weighted by Gasteiger charge is 2.25. The summed E-state index contributed by atoms with van der Waals surface area (Å²) >= 11 is 3.07. The molecule has 0 amide bonds. The van der Waals surface area contributed by atoms with Crippen molar-refractivity contribution in [2.45, 2.75) is 43.0 Å². The molecule has 0 aromatic heterocycles. The molecule has 0 heterocycles. The maximum atomic E-state index is 13.8. The quantitative estimate of drug-likeness (QED) is 0.823. The summed E-state index contributed by atoms with van der Waals surface area (Å²) in [5.41, 5.74) is 5.81. The molecule has 0 aliphatic heterocycles. The van der Waals surface area contributed by atoms with Crippen molar-refractivity contribution in [3.8, 4) is 0 Å². The number of halogens is 2. The van der Waals surface area contributed by atoms with E-state index in [1.54, 1.807) is 0 Å². The van der Waals surface area contributed by atoms with E-state index in [2.05, 4.69) is 20.7 Å². The van der Waals surface area contributed by atoms with Gasteiger partial charge in [-0.25, -0.2) is 17.5 Å². The fraction of sp³-hybridized carbons (Fsp3) is 0.500. The van der Waals surface area contributed by atoms with Crippen molar-refractivity contribution in [3.63, 3.8) is 0 Å². The lowest BCUT2D eigenvalue weighted by Crippen LogP contribution is -2.36. The Labute approximate surface area is 120 Å². The Kier molecular flexibility index (Phi) is 4.47. The SMILES string of the molecule is Nc1cc(S(=O)(=O)NC2CCCCC2)c(F)cc1Br. The summed E-state index contributed by atoms with van der Waals surface area (Å²) in [5, 5.41) is 0. The first-order chi connectivity index (χ1) is 8.90. The molecule has 106 valence electrons. The molecule has 0 radical (unpaired) electrons. The number of benzene rings is 1. The molecule has 1 aromatic rings. The van der Waals surface area contributed by atoms with Gasteiger partial charge in [0.15, 0.2) is 0 Å². The van der Waals surface area contributed by atoms with Gasteiger partial charge in [0.1, 0.15) is 10.7 Å². The van der Waals surface area contributed by atoms with Crippen molar-refractivity contribution < 1.29 is 12.8 Å². The third-order valence-electron chi connectivity index (χ3n) is 3.27. The Bertz CT molecular complexity index is 571. The highest BCUT2D eigenvalue weighted by molar-refractivity contribution is 9.10. The standard InChI is InChI=1S/C12H16BrFN2O2S/c13-9-6-10(14)12(7-11(9)15)19(17,18)16-8-4-2-1-3-5-8/h6-8,16H,1-5,15H2. The second-order valence-corrected chi connectivity index (χ2v) is 7.30. The number of nitrogens with two attached hydrogens (primary N) is 1. The van der Waals surface area contributed by atoms with E-state index in [0.29, 0.717) is 4.47 Å². The van der Waals surface area contributed by atoms with Crippen LogP contribution in [-0.2, 0) is 10.0 Å². The van der Waals surface area contributed by atoms with Gasteiger partial charge in [0, 0.05) is 16.2 Å². The minimum Gasteiger partial charge on any atom is -0.398 e. The summed E-state index contributed by atoms with van der Waals surface area (Å²) in [4.78, 5) is -0.390. The van der Waals surface area contributed by atoms with Crippen LogP contribution in [-0.4, -0.2) is 14.5 Å². The van der Waals surface area contributed by atoms with Crippen LogP contribution in [0.3, 0.4) is 0 Å². The highest BCUT2D eigenvalue weighted by atomic mass is 79.9. The number of hydrogen-bond acceptors (Lipinski definition) is 3. The molecule has 0 atom stereocenters. The van der Waals surface area contributed by atoms with Gasteiger partial charge in [-0.1, -0.05) is 19.3 Å². The van der Waals surface area contributed by atoms with Gasteiger partial charge >= 0.3 is 0 Å². The molecule has 1 aromatic carbocycles. The van der Waals surface area contributed by atoms with Crippen LogP contribution in [0.4, 0.5) is 10.1 Å². The van der Waals surface area contributed by atoms with Crippen molar-refractivity contribution >= 4 is 31.6 Å². The van der Waals surface area contributed by atoms with E-state index in [1.165, 1.54) is 0 Å². The van der Waals surface area contributed by atoms with Crippen molar-refractivity contribution in [3.05, 3.63) is 22.4 Å². The third-order valence-corrected chi connectivity index (χ3v) is 5.49. The molecule has 1 fully saturated rings. The first-order valence-corrected chi connectivity index (χ1v) is 8.44. The summed E-state index contributed by atoms with van der Waals surface area (Å²) in [6.07, 6.45) is 4.72. The van der Waals surface area contributed by atoms with Crippen LogP contribution >= 0.6 is 15.9 Å². The van der Waals surface area contributed by atoms with Crippen LogP contribution in [0.2, 0.25) is 0 Å². The Morgan fingerprint density at radius 3 is 2.53 bits per heavy atom. The van der Waals surface area contributed by atoms with Gasteiger partial charge in [-0.2, -0.15) is 0 Å². The average Bonchev–Trinajstić information content (AvgIpc) is 2.34. The summed E-state index contributed by atoms with van der Waals surface area (Å²) in [6.45, 7) is 0. The zero-order valence-corrected chi connectivity index (χ0v) is 12.7. The normalized spacial score (nSPS) is 17.6. The molecule has 0 saturated heterocycles. The molecular formula is C12H16BrFN2O2S. The van der Waals surface area contributed by atoms with Crippen LogP contribution in [0, 0.1) is 5.82 Å². The second-order valence-electron chi connectivity index (χ2n) is 4.76. The molecule has 4 nitrogen and oxygen atoms in total. The van der Waals surface area contributed by atoms with E-state index < -0.39 is 20.7 Å². The van der Waals surface area contributed by atoms with Crippen LogP contribution in [0.15, 0.2) is 21.5 Å². The van der Waals surface area contributed by atoms with Gasteiger partial charge in [0.05, 0.1) is 0 Å². The fourth-order valence-corrected chi connectivity index (χ4v) is 3.97. The average molecular weight is 351 g/mol. The molecule has 1 aliphatic rings. The first kappa shape index (κ1) is 14.7. The number of nitrogen functional groups attached to an aromatic ring is 1. The predicted octanol–water partition coefficient (Wildman–Crippen LogP) is 2.78. The number of sulfonamides is 1. The Hall–Kier alpha value is -0.660. The van der Waals surface area contributed by atoms with Gasteiger partial charge in [-0.05, 0) is 40.9 Å². The van der Waals surface area contributed by atoms with Crippen molar-refractivity contribution in [2.24, 2.45) is 0 Å². The highest BCUT2D eigenvalue weighted by Crippen LogP contribution is 2.27. The van der Waals surface area contributed by atoms with Crippen LogP contribution in [0.5, 0.6) is 0 Å². The topological polar surface area (TPSA) is 72.2 Å². The summed E-state index contributed by atoms with van der Waals surface area (Å²) in [5.74, 6) is -0.801. The molecule has 0 bridgehead atoms. The Morgan fingerprint density at radius 2 is 1.89 bits per heavy atom. The molecule has 3 N–H and O–H groups in total. The number of hydrogen-bond donors (Lipinski definition) is 2. The zero-order valence-electron chi connectivity index (χ0n) is 10.3. The summed E-state index contributed by atoms with van der Waals surface area (Å²) in [7, 11) is -3.86. The van der Waals surface area contributed by atoms with Gasteiger partial charge < -0.3 is 5.73 Å². The lowest BCUT2D eigenvalue weighted by Gasteiger charge is -2.22. The largest absolute Gasteiger partial charge is 0.398 e. The minimum atomic E-state index is -3.86. The molecular weight excluding hydrogens is 335 g/mol. The maximum absolute atomic E-state index is 13.8. The molecule has 0 unspecified atom stereocenters. The zero-order chi connectivity index (χ0) is 14.0. The number of nitrogens with one attached hydrogen (secondary N) is 1. The molecule has 1 saturated carbocycles. The summed E-state index contributed by atoms with van der Waals surface area (Å²) < 4.78 is 41.0. The van der Waals surface area contributed by atoms with Crippen molar-refractivity contribution in [1.29, 1.82) is 0 Å². The van der Waals surface area contributed by atoms with Gasteiger partial charge in [-0.3, -0.25) is 0 Å². The summed E-state index contributed by atoms with van der Waals surface area (Å²) in [6, 6.07) is 2.11. The van der Waals surface area contributed by atoms with Gasteiger partial charge in [-0.15, -0.1) is 0 Å². The lowest BCUT2D eigenvalue weighted by atomic mass is 9.96. The smallest absolute Gasteiger partial charge is 0.243 e. The lowest BCUT2D eigenvalue weighted by molar-refractivity contribution is 0.411. The monoisotopic (exact) mass is 350 g/mol. The molecule has 19 heavy (non-hydrogen) atoms. The van der Waals surface area contributed by atoms with E-state index in [1.807, 2.05) is 0 Å². The third kappa shape index (κ3) is 3.46. The van der Waals surface area contributed by atoms with Crippen molar-refractivity contribution in [1.82, 2.24) is 4.72 Å². The molecule has 7 heteroatoms. The molecule has 0 spiro atoms. The minimum absolute atomic E-state index is 0.108. The molecule has 1 aliphatic carbocycles. The van der Waals surface area contributed by atoms with Crippen LogP contribution in [0.1, 0.15) is 32.1 Å². The van der Waals surface area contributed by atoms with Crippen LogP contribution in [0.25, 0.3) is 0 Å². The predicted molar refractivity (Wildman–Crippen MR) is 75.7 cm³/mol. The van der Waals surface area contributed by atoms with Crippen LogP contribution < -0.4 is 10.5 Å². The fourth-order valence-electron chi connectivity index (χ4n) is 2.25. The molecule has 2 rings (SSSR count). The Morgan fingerprint density at radius 1 is 1.26 bits per heavy atom. The van der Waals surface area contributed by atoms with E-state index >= 15 is 0 Å². The van der Waals surface area contributed by atoms with Crippen molar-refractivity contribution in [2.75, 3.05) is 5.73 Å². The van der Waals surface area contributed by atoms with E-state index in [0.717, 1.165) is 44.2 Å². The Balaban J connectivity index is 2.26. The second kappa shape index (κ2) is 5.76. The van der Waals surface area contributed by atoms with Gasteiger partial charge in [0.2, 0.25) is 10.0 Å². The number of rotatable bonds is 3. The van der Waals surface area contributed by atoms with E-state index in [-0.39, 0.29) is 11.7 Å². The van der Waals surface area contributed by atoms with E-state index in [4.69, 9.17) is 5.73 Å². The first-order valence-electron chi connectivity index (χ1n) is 6.17. The van der Waals surface area contributed by atoms with E-state index in [9.17, 15) is 12.8 Å². The maximum Gasteiger partial charge on any atom is 0.243 e. The van der Waals surface area contributed by atoms with Gasteiger partial charge in [0.25, 0.3) is 0 Å². The number of anilines is 1.